The summed E-state index contributed by atoms with van der Waals surface area (Å²) >= 11 is 3.13. The number of pyridine rings is 1. The van der Waals surface area contributed by atoms with Gasteiger partial charge in [-0.25, -0.2) is 0 Å². The van der Waals surface area contributed by atoms with Crippen LogP contribution in [0.3, 0.4) is 0 Å². The number of nitrogens with one attached hydrogen (secondary N) is 2. The summed E-state index contributed by atoms with van der Waals surface area (Å²) in [6.45, 7) is 7.40. The molecular formula is C11H13BrN2O2. The number of aromatic nitrogens is 1. The number of halogens is 1. The molecule has 0 aliphatic heterocycles. The summed E-state index contributed by atoms with van der Waals surface area (Å²) < 4.78 is 0.655. The van der Waals surface area contributed by atoms with E-state index in [1.54, 1.807) is 19.9 Å². The summed E-state index contributed by atoms with van der Waals surface area (Å²) in [7, 11) is 0. The van der Waals surface area contributed by atoms with Crippen LogP contribution in [0.5, 0.6) is 0 Å². The molecule has 0 aliphatic rings. The van der Waals surface area contributed by atoms with Crippen molar-refractivity contribution < 1.29 is 4.79 Å². The predicted octanol–water partition coefficient (Wildman–Crippen LogP) is 1.63. The standard InChI is InChI=1S/C11H13BrN2O2/c1-6-4-8(3)14-11(16)9(6)10(15)13-5-7(2)12/h4H,2,5H2,1,3H3,(H,13,15)(H,14,16). The smallest absolute Gasteiger partial charge is 0.261 e. The molecule has 1 amide bonds. The fraction of sp³-hybridized carbons (Fsp3) is 0.273. The highest BCUT2D eigenvalue weighted by atomic mass is 79.9. The van der Waals surface area contributed by atoms with Gasteiger partial charge >= 0.3 is 0 Å². The van der Waals surface area contributed by atoms with Crippen molar-refractivity contribution in [1.82, 2.24) is 10.3 Å². The van der Waals surface area contributed by atoms with Crippen LogP contribution in [0.15, 0.2) is 21.9 Å². The minimum absolute atomic E-state index is 0.152. The molecule has 4 nitrogen and oxygen atoms in total. The summed E-state index contributed by atoms with van der Waals surface area (Å²) in [5.41, 5.74) is 1.19. The Bertz CT molecular complexity index is 491. The maximum absolute atomic E-state index is 11.7. The molecule has 0 atom stereocenters. The van der Waals surface area contributed by atoms with Gasteiger partial charge < -0.3 is 10.3 Å². The van der Waals surface area contributed by atoms with Crippen molar-refractivity contribution in [3.63, 3.8) is 0 Å². The van der Waals surface area contributed by atoms with E-state index >= 15 is 0 Å². The number of aryl methyl sites for hydroxylation is 2. The SMILES string of the molecule is C=C(Br)CNC(=O)c1c(C)cc(C)[nH]c1=O. The predicted molar refractivity (Wildman–Crippen MR) is 66.9 cm³/mol. The van der Waals surface area contributed by atoms with Crippen molar-refractivity contribution in [2.75, 3.05) is 6.54 Å². The van der Waals surface area contributed by atoms with E-state index in [9.17, 15) is 9.59 Å². The van der Waals surface area contributed by atoms with Gasteiger partial charge in [0.2, 0.25) is 0 Å². The van der Waals surface area contributed by atoms with Gasteiger partial charge in [-0.2, -0.15) is 0 Å². The highest BCUT2D eigenvalue weighted by Crippen LogP contribution is 2.04. The van der Waals surface area contributed by atoms with Gasteiger partial charge in [0.25, 0.3) is 11.5 Å². The lowest BCUT2D eigenvalue weighted by molar-refractivity contribution is 0.0955. The number of aromatic amines is 1. The van der Waals surface area contributed by atoms with Gasteiger partial charge in [0.05, 0.1) is 0 Å². The fourth-order valence-electron chi connectivity index (χ4n) is 1.40. The maximum atomic E-state index is 11.7. The lowest BCUT2D eigenvalue weighted by Crippen LogP contribution is -2.31. The molecule has 1 aromatic heterocycles. The molecule has 5 heteroatoms. The van der Waals surface area contributed by atoms with Crippen LogP contribution >= 0.6 is 15.9 Å². The monoisotopic (exact) mass is 284 g/mol. The van der Waals surface area contributed by atoms with Gasteiger partial charge in [-0.1, -0.05) is 22.5 Å². The van der Waals surface area contributed by atoms with E-state index in [2.05, 4.69) is 32.8 Å². The Balaban J connectivity index is 3.00. The van der Waals surface area contributed by atoms with Crippen molar-refractivity contribution in [3.8, 4) is 0 Å². The van der Waals surface area contributed by atoms with E-state index in [1.807, 2.05) is 0 Å². The molecule has 0 saturated heterocycles. The number of hydrogen-bond donors (Lipinski definition) is 2. The van der Waals surface area contributed by atoms with Crippen molar-refractivity contribution in [2.24, 2.45) is 0 Å². The van der Waals surface area contributed by atoms with Crippen LogP contribution in [0.1, 0.15) is 21.6 Å². The molecule has 0 radical (unpaired) electrons. The first kappa shape index (κ1) is 12.7. The molecule has 0 aliphatic carbocycles. The van der Waals surface area contributed by atoms with Gasteiger partial charge in [0.1, 0.15) is 5.56 Å². The lowest BCUT2D eigenvalue weighted by Gasteiger charge is -2.06. The summed E-state index contributed by atoms with van der Waals surface area (Å²) in [5, 5.41) is 2.59. The van der Waals surface area contributed by atoms with Crippen LogP contribution in [0.25, 0.3) is 0 Å². The molecule has 0 bridgehead atoms. The second kappa shape index (κ2) is 5.12. The zero-order valence-electron chi connectivity index (χ0n) is 9.19. The fourth-order valence-corrected chi connectivity index (χ4v) is 1.54. The second-order valence-corrected chi connectivity index (χ2v) is 4.66. The normalized spacial score (nSPS) is 9.94. The van der Waals surface area contributed by atoms with E-state index in [0.29, 0.717) is 16.6 Å². The molecule has 1 rings (SSSR count). The third kappa shape index (κ3) is 3.06. The number of amides is 1. The first-order chi connectivity index (χ1) is 7.41. The van der Waals surface area contributed by atoms with E-state index in [-0.39, 0.29) is 17.0 Å². The summed E-state index contributed by atoms with van der Waals surface area (Å²) in [6, 6.07) is 1.76. The quantitative estimate of drug-likeness (QED) is 0.886. The number of H-pyrrole nitrogens is 1. The van der Waals surface area contributed by atoms with Gasteiger partial charge in [-0.3, -0.25) is 9.59 Å². The Morgan fingerprint density at radius 3 is 2.69 bits per heavy atom. The third-order valence-corrected chi connectivity index (χ3v) is 2.31. The number of rotatable bonds is 3. The molecule has 16 heavy (non-hydrogen) atoms. The van der Waals surface area contributed by atoms with E-state index < -0.39 is 0 Å². The summed E-state index contributed by atoms with van der Waals surface area (Å²) in [4.78, 5) is 25.9. The molecule has 0 fully saturated rings. The third-order valence-electron chi connectivity index (χ3n) is 2.03. The van der Waals surface area contributed by atoms with E-state index in [0.717, 1.165) is 5.69 Å². The first-order valence-corrected chi connectivity index (χ1v) is 5.53. The minimum Gasteiger partial charge on any atom is -0.347 e. The van der Waals surface area contributed by atoms with Gasteiger partial charge in [0.15, 0.2) is 0 Å². The van der Waals surface area contributed by atoms with Crippen LogP contribution in [-0.2, 0) is 0 Å². The van der Waals surface area contributed by atoms with Crippen LogP contribution in [0.4, 0.5) is 0 Å². The average Bonchev–Trinajstić information content (AvgIpc) is 2.12. The van der Waals surface area contributed by atoms with Crippen LogP contribution in [0, 0.1) is 13.8 Å². The zero-order chi connectivity index (χ0) is 12.3. The Labute approximate surface area is 102 Å². The Morgan fingerprint density at radius 1 is 1.56 bits per heavy atom. The Morgan fingerprint density at radius 2 is 2.19 bits per heavy atom. The topological polar surface area (TPSA) is 62.0 Å². The molecule has 0 aromatic carbocycles. The Hall–Kier alpha value is -1.36. The highest BCUT2D eigenvalue weighted by Gasteiger charge is 2.13. The summed E-state index contributed by atoms with van der Waals surface area (Å²) in [5.74, 6) is -0.389. The van der Waals surface area contributed by atoms with Crippen molar-refractivity contribution >= 4 is 21.8 Å². The van der Waals surface area contributed by atoms with Crippen LogP contribution in [-0.4, -0.2) is 17.4 Å². The van der Waals surface area contributed by atoms with Crippen molar-refractivity contribution in [3.05, 3.63) is 44.3 Å². The molecule has 86 valence electrons. The first-order valence-electron chi connectivity index (χ1n) is 4.74. The van der Waals surface area contributed by atoms with E-state index in [4.69, 9.17) is 0 Å². The highest BCUT2D eigenvalue weighted by molar-refractivity contribution is 9.11. The average molecular weight is 285 g/mol. The minimum atomic E-state index is -0.389. The molecule has 2 N–H and O–H groups in total. The van der Waals surface area contributed by atoms with Gasteiger partial charge in [-0.15, -0.1) is 0 Å². The zero-order valence-corrected chi connectivity index (χ0v) is 10.8. The van der Waals surface area contributed by atoms with Crippen LogP contribution in [0.2, 0.25) is 0 Å². The Kier molecular flexibility index (Phi) is 4.06. The van der Waals surface area contributed by atoms with Gasteiger partial charge in [-0.05, 0) is 25.5 Å². The van der Waals surface area contributed by atoms with E-state index in [1.165, 1.54) is 0 Å². The lowest BCUT2D eigenvalue weighted by atomic mass is 10.1. The number of carbonyl (C=O) groups excluding carboxylic acids is 1. The molecule has 0 saturated carbocycles. The summed E-state index contributed by atoms with van der Waals surface area (Å²) in [6.07, 6.45) is 0. The number of carbonyl (C=O) groups is 1. The molecule has 0 spiro atoms. The van der Waals surface area contributed by atoms with Crippen LogP contribution < -0.4 is 10.9 Å². The number of hydrogen-bond acceptors (Lipinski definition) is 2. The molecule has 1 heterocycles. The molecule has 0 unspecified atom stereocenters. The van der Waals surface area contributed by atoms with Crippen molar-refractivity contribution in [2.45, 2.75) is 13.8 Å². The molecule has 1 aromatic rings. The largest absolute Gasteiger partial charge is 0.347 e. The maximum Gasteiger partial charge on any atom is 0.261 e. The van der Waals surface area contributed by atoms with Crippen molar-refractivity contribution in [1.29, 1.82) is 0 Å². The van der Waals surface area contributed by atoms with Gasteiger partial charge in [0, 0.05) is 16.7 Å². The second-order valence-electron chi connectivity index (χ2n) is 3.54. The molecular weight excluding hydrogens is 272 g/mol.